The summed E-state index contributed by atoms with van der Waals surface area (Å²) in [5.74, 6) is 2.02. The van der Waals surface area contributed by atoms with Gasteiger partial charge >= 0.3 is 0 Å². The summed E-state index contributed by atoms with van der Waals surface area (Å²) in [6.45, 7) is 0. The molecule has 0 saturated carbocycles. The van der Waals surface area contributed by atoms with Crippen LogP contribution in [0, 0.1) is 0 Å². The van der Waals surface area contributed by atoms with Gasteiger partial charge in [-0.3, -0.25) is 0 Å². The third kappa shape index (κ3) is 1.71. The molecule has 1 nitrogen and oxygen atoms in total. The van der Waals surface area contributed by atoms with E-state index in [4.69, 9.17) is 4.74 Å². The Hall–Kier alpha value is -2.54. The first kappa shape index (κ1) is 10.4. The lowest BCUT2D eigenvalue weighted by molar-refractivity contribution is 0.651. The molecule has 0 N–H and O–H groups in total. The molecule has 4 rings (SSSR count). The second kappa shape index (κ2) is 3.99. The first-order valence-electron chi connectivity index (χ1n) is 6.39. The number of rotatable bonds is 2. The summed E-state index contributed by atoms with van der Waals surface area (Å²) in [5, 5.41) is 0. The van der Waals surface area contributed by atoms with E-state index in [-0.39, 0.29) is 0 Å². The maximum atomic E-state index is 5.59. The maximum absolute atomic E-state index is 5.59. The van der Waals surface area contributed by atoms with Crippen molar-refractivity contribution in [2.45, 2.75) is 0 Å². The highest BCUT2D eigenvalue weighted by Gasteiger charge is 2.27. The summed E-state index contributed by atoms with van der Waals surface area (Å²) >= 11 is 0. The Labute approximate surface area is 112 Å². The Morgan fingerprint density at radius 2 is 1.21 bits per heavy atom. The Balaban J connectivity index is 1.97. The molecule has 0 fully saturated rings. The molecule has 1 aliphatic rings. The SMILES string of the molecule is c1ccc(-c2ccc3c(c2-c2ccccc2)O3)cc1. The van der Waals surface area contributed by atoms with Gasteiger partial charge in [-0.05, 0) is 28.8 Å². The Bertz CT molecular complexity index is 730. The van der Waals surface area contributed by atoms with Crippen LogP contribution in [0.2, 0.25) is 0 Å². The lowest BCUT2D eigenvalue weighted by Crippen LogP contribution is -1.82. The largest absolute Gasteiger partial charge is 0.449 e. The van der Waals surface area contributed by atoms with Gasteiger partial charge in [0.15, 0.2) is 11.5 Å². The zero-order chi connectivity index (χ0) is 12.7. The fraction of sp³-hybridized carbons (Fsp3) is 0. The molecular weight excluding hydrogens is 232 g/mol. The van der Waals surface area contributed by atoms with E-state index in [2.05, 4.69) is 54.6 Å². The predicted octanol–water partition coefficient (Wildman–Crippen LogP) is 5.13. The Kier molecular flexibility index (Phi) is 2.18. The van der Waals surface area contributed by atoms with Crippen LogP contribution in [0.1, 0.15) is 0 Å². The van der Waals surface area contributed by atoms with Gasteiger partial charge in [-0.2, -0.15) is 0 Å². The molecule has 0 radical (unpaired) electrons. The van der Waals surface area contributed by atoms with Crippen LogP contribution in [-0.4, -0.2) is 0 Å². The Morgan fingerprint density at radius 1 is 0.579 bits per heavy atom. The van der Waals surface area contributed by atoms with E-state index in [1.807, 2.05) is 18.2 Å². The third-order valence-electron chi connectivity index (χ3n) is 3.44. The van der Waals surface area contributed by atoms with Crippen molar-refractivity contribution in [3.63, 3.8) is 0 Å². The van der Waals surface area contributed by atoms with Crippen LogP contribution < -0.4 is 4.74 Å². The summed E-state index contributed by atoms with van der Waals surface area (Å²) < 4.78 is 5.59. The summed E-state index contributed by atoms with van der Waals surface area (Å²) in [4.78, 5) is 0. The quantitative estimate of drug-likeness (QED) is 0.445. The van der Waals surface area contributed by atoms with E-state index in [0.29, 0.717) is 0 Å². The minimum atomic E-state index is 0.999. The van der Waals surface area contributed by atoms with Gasteiger partial charge in [0, 0.05) is 5.56 Å². The van der Waals surface area contributed by atoms with E-state index in [9.17, 15) is 0 Å². The minimum Gasteiger partial charge on any atom is -0.449 e. The van der Waals surface area contributed by atoms with E-state index in [1.165, 1.54) is 22.3 Å². The van der Waals surface area contributed by atoms with Gasteiger partial charge in [-0.15, -0.1) is 0 Å². The second-order valence-electron chi connectivity index (χ2n) is 4.65. The third-order valence-corrected chi connectivity index (χ3v) is 3.44. The highest BCUT2D eigenvalue weighted by atomic mass is 16.6. The van der Waals surface area contributed by atoms with Crippen LogP contribution in [0.3, 0.4) is 0 Å². The maximum Gasteiger partial charge on any atom is 0.178 e. The van der Waals surface area contributed by atoms with Gasteiger partial charge in [0.2, 0.25) is 0 Å². The zero-order valence-corrected chi connectivity index (χ0v) is 10.3. The van der Waals surface area contributed by atoms with Gasteiger partial charge < -0.3 is 4.74 Å². The molecule has 0 amide bonds. The van der Waals surface area contributed by atoms with Crippen molar-refractivity contribution < 1.29 is 4.74 Å². The summed E-state index contributed by atoms with van der Waals surface area (Å²) in [6.07, 6.45) is 0. The van der Waals surface area contributed by atoms with Gasteiger partial charge in [0.1, 0.15) is 0 Å². The molecule has 0 bridgehead atoms. The molecule has 19 heavy (non-hydrogen) atoms. The van der Waals surface area contributed by atoms with E-state index in [0.717, 1.165) is 11.5 Å². The molecule has 0 saturated heterocycles. The van der Waals surface area contributed by atoms with Crippen LogP contribution in [0.15, 0.2) is 72.8 Å². The Morgan fingerprint density at radius 3 is 1.89 bits per heavy atom. The molecule has 0 spiro atoms. The highest BCUT2D eigenvalue weighted by Crippen LogP contribution is 2.55. The molecule has 3 aromatic rings. The molecule has 0 unspecified atom stereocenters. The summed E-state index contributed by atoms with van der Waals surface area (Å²) in [5.41, 5.74) is 4.85. The first-order valence-corrected chi connectivity index (χ1v) is 6.39. The highest BCUT2D eigenvalue weighted by molar-refractivity contribution is 5.92. The average Bonchev–Trinajstić information content (AvgIpc) is 3.27. The second-order valence-corrected chi connectivity index (χ2v) is 4.65. The lowest BCUT2D eigenvalue weighted by Gasteiger charge is -2.07. The zero-order valence-electron chi connectivity index (χ0n) is 10.3. The average molecular weight is 244 g/mol. The van der Waals surface area contributed by atoms with Gasteiger partial charge in [-0.1, -0.05) is 60.7 Å². The molecule has 1 aliphatic heterocycles. The summed E-state index contributed by atoms with van der Waals surface area (Å²) in [6, 6.07) is 25.0. The number of hydrogen-bond acceptors (Lipinski definition) is 1. The lowest BCUT2D eigenvalue weighted by atomic mass is 9.95. The van der Waals surface area contributed by atoms with Crippen molar-refractivity contribution in [1.82, 2.24) is 0 Å². The topological polar surface area (TPSA) is 12.5 Å². The molecule has 1 heterocycles. The van der Waals surface area contributed by atoms with Crippen LogP contribution in [-0.2, 0) is 0 Å². The predicted molar refractivity (Wildman–Crippen MR) is 77.4 cm³/mol. The fourth-order valence-corrected chi connectivity index (χ4v) is 2.48. The molecule has 0 aliphatic carbocycles. The van der Waals surface area contributed by atoms with E-state index < -0.39 is 0 Å². The van der Waals surface area contributed by atoms with Crippen molar-refractivity contribution in [3.05, 3.63) is 72.8 Å². The number of fused-ring (bicyclic) bond motifs is 1. The van der Waals surface area contributed by atoms with Crippen LogP contribution >= 0.6 is 0 Å². The summed E-state index contributed by atoms with van der Waals surface area (Å²) in [7, 11) is 0. The van der Waals surface area contributed by atoms with Crippen molar-refractivity contribution >= 4 is 0 Å². The van der Waals surface area contributed by atoms with Gasteiger partial charge in [-0.25, -0.2) is 0 Å². The molecular formula is C18H12O. The molecule has 0 aromatic heterocycles. The van der Waals surface area contributed by atoms with Crippen molar-refractivity contribution in [2.24, 2.45) is 0 Å². The van der Waals surface area contributed by atoms with Crippen LogP contribution in [0.5, 0.6) is 11.5 Å². The van der Waals surface area contributed by atoms with Crippen molar-refractivity contribution in [1.29, 1.82) is 0 Å². The smallest absolute Gasteiger partial charge is 0.178 e. The number of ether oxygens (including phenoxy) is 1. The van der Waals surface area contributed by atoms with Crippen LogP contribution in [0.25, 0.3) is 22.3 Å². The molecule has 1 heteroatoms. The van der Waals surface area contributed by atoms with Gasteiger partial charge in [0.05, 0.1) is 0 Å². The minimum absolute atomic E-state index is 0.999. The van der Waals surface area contributed by atoms with E-state index >= 15 is 0 Å². The molecule has 90 valence electrons. The molecule has 3 aromatic carbocycles. The number of hydrogen-bond donors (Lipinski definition) is 0. The normalized spacial score (nSPS) is 11.6. The standard InChI is InChI=1S/C18H12O/c1-3-7-13(8-4-1)15-11-12-16-18(19-16)17(15)14-9-5-2-6-10-14/h1-12H. The van der Waals surface area contributed by atoms with Crippen molar-refractivity contribution in [3.8, 4) is 33.8 Å². The van der Waals surface area contributed by atoms with Gasteiger partial charge in [0.25, 0.3) is 0 Å². The van der Waals surface area contributed by atoms with Crippen molar-refractivity contribution in [2.75, 3.05) is 0 Å². The fourth-order valence-electron chi connectivity index (χ4n) is 2.48. The van der Waals surface area contributed by atoms with E-state index in [1.54, 1.807) is 0 Å². The first-order chi connectivity index (χ1) is 9.43. The number of benzene rings is 3. The molecule has 0 atom stereocenters. The monoisotopic (exact) mass is 244 g/mol. The van der Waals surface area contributed by atoms with Crippen LogP contribution in [0.4, 0.5) is 0 Å².